The van der Waals surface area contributed by atoms with Crippen LogP contribution in [0.5, 0.6) is 0 Å². The van der Waals surface area contributed by atoms with Crippen LogP contribution in [0.4, 0.5) is 14.5 Å². The van der Waals surface area contributed by atoms with Crippen molar-refractivity contribution in [2.75, 3.05) is 0 Å². The smallest absolute Gasteiger partial charge is 0.272 e. The Labute approximate surface area is 84.3 Å². The monoisotopic (exact) mass is 217 g/mol. The Morgan fingerprint density at radius 1 is 1.47 bits per heavy atom. The van der Waals surface area contributed by atoms with Crippen LogP contribution in [-0.2, 0) is 0 Å². The van der Waals surface area contributed by atoms with E-state index in [9.17, 15) is 18.9 Å². The van der Waals surface area contributed by atoms with Crippen molar-refractivity contribution >= 4 is 5.69 Å². The van der Waals surface area contributed by atoms with Crippen molar-refractivity contribution < 1.29 is 18.8 Å². The van der Waals surface area contributed by atoms with E-state index in [-0.39, 0.29) is 16.8 Å². The van der Waals surface area contributed by atoms with E-state index >= 15 is 0 Å². The molecule has 1 rings (SSSR count). The van der Waals surface area contributed by atoms with Crippen molar-refractivity contribution in [2.45, 2.75) is 19.5 Å². The summed E-state index contributed by atoms with van der Waals surface area (Å²) in [6.45, 7) is 1.43. The van der Waals surface area contributed by atoms with Gasteiger partial charge < -0.3 is 5.11 Å². The normalized spacial score (nSPS) is 12.9. The highest BCUT2D eigenvalue weighted by atomic mass is 19.3. The van der Waals surface area contributed by atoms with Crippen LogP contribution < -0.4 is 0 Å². The van der Waals surface area contributed by atoms with Crippen molar-refractivity contribution in [3.63, 3.8) is 0 Å². The lowest BCUT2D eigenvalue weighted by atomic mass is 10.1. The maximum Gasteiger partial charge on any atom is 0.272 e. The summed E-state index contributed by atoms with van der Waals surface area (Å²) in [4.78, 5) is 9.83. The number of halogens is 2. The van der Waals surface area contributed by atoms with Crippen LogP contribution in [0.2, 0.25) is 0 Å². The molecule has 1 N–H and O–H groups in total. The fraction of sp³-hybridized carbons (Fsp3) is 0.333. The molecule has 1 atom stereocenters. The highest BCUT2D eigenvalue weighted by molar-refractivity contribution is 5.42. The summed E-state index contributed by atoms with van der Waals surface area (Å²) in [7, 11) is 0. The maximum absolute atomic E-state index is 12.1. The molecule has 0 saturated heterocycles. The molecule has 0 aliphatic heterocycles. The first kappa shape index (κ1) is 11.5. The first-order valence-corrected chi connectivity index (χ1v) is 4.14. The van der Waals surface area contributed by atoms with E-state index < -0.39 is 17.5 Å². The molecule has 0 radical (unpaired) electrons. The Morgan fingerprint density at radius 3 is 2.47 bits per heavy atom. The van der Waals surface area contributed by atoms with Crippen LogP contribution in [0.3, 0.4) is 0 Å². The minimum absolute atomic E-state index is 0.0203. The minimum Gasteiger partial charge on any atom is -0.382 e. The zero-order valence-electron chi connectivity index (χ0n) is 7.85. The number of aryl methyl sites for hydroxylation is 1. The summed E-state index contributed by atoms with van der Waals surface area (Å²) in [5.41, 5.74) is 0.0746. The molecule has 0 aromatic heterocycles. The molecule has 1 unspecified atom stereocenters. The molecule has 0 spiro atoms. The number of hydrogen-bond acceptors (Lipinski definition) is 3. The second kappa shape index (κ2) is 4.31. The molecular weight excluding hydrogens is 208 g/mol. The van der Waals surface area contributed by atoms with Crippen LogP contribution >= 0.6 is 0 Å². The Morgan fingerprint density at radius 2 is 2.07 bits per heavy atom. The molecule has 0 heterocycles. The molecule has 0 saturated carbocycles. The predicted molar refractivity (Wildman–Crippen MR) is 48.8 cm³/mol. The molecule has 6 heteroatoms. The number of alkyl halides is 2. The number of benzene rings is 1. The van der Waals surface area contributed by atoms with Gasteiger partial charge in [-0.2, -0.15) is 0 Å². The first-order valence-electron chi connectivity index (χ1n) is 4.14. The van der Waals surface area contributed by atoms with Crippen LogP contribution in [0.15, 0.2) is 18.2 Å². The van der Waals surface area contributed by atoms with Gasteiger partial charge in [0.15, 0.2) is 0 Å². The zero-order valence-corrected chi connectivity index (χ0v) is 7.85. The number of nitro benzene ring substituents is 1. The molecule has 0 amide bonds. The Bertz CT molecular complexity index is 382. The second-order valence-corrected chi connectivity index (χ2v) is 3.08. The fourth-order valence-corrected chi connectivity index (χ4v) is 1.21. The molecule has 0 bridgehead atoms. The van der Waals surface area contributed by atoms with Crippen molar-refractivity contribution in [2.24, 2.45) is 0 Å². The summed E-state index contributed by atoms with van der Waals surface area (Å²) in [5.74, 6) is 0. The standard InChI is InChI=1S/C9H9F2NO3/c1-5-4-6(8(13)9(10)11)2-3-7(5)12(14)15/h2-4,8-9,13H,1H3. The summed E-state index contributed by atoms with van der Waals surface area (Å²) in [5, 5.41) is 19.5. The molecule has 15 heavy (non-hydrogen) atoms. The van der Waals surface area contributed by atoms with Gasteiger partial charge in [0.25, 0.3) is 12.1 Å². The average Bonchev–Trinajstić information content (AvgIpc) is 2.15. The molecule has 4 nitrogen and oxygen atoms in total. The van der Waals surface area contributed by atoms with Crippen molar-refractivity contribution in [3.05, 3.63) is 39.4 Å². The quantitative estimate of drug-likeness (QED) is 0.623. The summed E-state index contributed by atoms with van der Waals surface area (Å²) in [6.07, 6.45) is -4.80. The third-order valence-electron chi connectivity index (χ3n) is 2.00. The molecule has 0 aliphatic carbocycles. The number of aliphatic hydroxyl groups excluding tert-OH is 1. The molecule has 0 aliphatic rings. The van der Waals surface area contributed by atoms with E-state index in [1.165, 1.54) is 13.0 Å². The molecule has 1 aromatic carbocycles. The third kappa shape index (κ3) is 2.47. The molecule has 1 aromatic rings. The van der Waals surface area contributed by atoms with Gasteiger partial charge in [0.2, 0.25) is 0 Å². The average molecular weight is 217 g/mol. The highest BCUT2D eigenvalue weighted by Gasteiger charge is 2.21. The lowest BCUT2D eigenvalue weighted by Crippen LogP contribution is -2.08. The lowest BCUT2D eigenvalue weighted by molar-refractivity contribution is -0.385. The lowest BCUT2D eigenvalue weighted by Gasteiger charge is -2.10. The van der Waals surface area contributed by atoms with E-state index in [1.807, 2.05) is 0 Å². The first-order chi connectivity index (χ1) is 6.93. The van der Waals surface area contributed by atoms with Crippen LogP contribution in [0.25, 0.3) is 0 Å². The Hall–Kier alpha value is -1.56. The van der Waals surface area contributed by atoms with Gasteiger partial charge in [-0.1, -0.05) is 0 Å². The van der Waals surface area contributed by atoms with Gasteiger partial charge in [-0.05, 0) is 24.6 Å². The van der Waals surface area contributed by atoms with Gasteiger partial charge in [0.1, 0.15) is 6.10 Å². The summed E-state index contributed by atoms with van der Waals surface area (Å²) in [6, 6.07) is 3.42. The number of nitrogens with zero attached hydrogens (tertiary/aromatic N) is 1. The number of nitro groups is 1. The zero-order chi connectivity index (χ0) is 11.6. The van der Waals surface area contributed by atoms with Crippen LogP contribution in [0.1, 0.15) is 17.2 Å². The van der Waals surface area contributed by atoms with Crippen LogP contribution in [-0.4, -0.2) is 16.5 Å². The van der Waals surface area contributed by atoms with E-state index in [1.54, 1.807) is 0 Å². The van der Waals surface area contributed by atoms with E-state index in [4.69, 9.17) is 5.11 Å². The predicted octanol–water partition coefficient (Wildman–Crippen LogP) is 2.20. The van der Waals surface area contributed by atoms with Crippen molar-refractivity contribution in [1.82, 2.24) is 0 Å². The van der Waals surface area contributed by atoms with Crippen LogP contribution in [0, 0.1) is 17.0 Å². The van der Waals surface area contributed by atoms with E-state index in [2.05, 4.69) is 0 Å². The van der Waals surface area contributed by atoms with Gasteiger partial charge in [0.05, 0.1) is 4.92 Å². The third-order valence-corrected chi connectivity index (χ3v) is 2.00. The number of rotatable bonds is 3. The second-order valence-electron chi connectivity index (χ2n) is 3.08. The minimum atomic E-state index is -2.90. The SMILES string of the molecule is Cc1cc(C(O)C(F)F)ccc1[N+](=O)[O-]. The van der Waals surface area contributed by atoms with Crippen molar-refractivity contribution in [3.8, 4) is 0 Å². The highest BCUT2D eigenvalue weighted by Crippen LogP contribution is 2.25. The largest absolute Gasteiger partial charge is 0.382 e. The van der Waals surface area contributed by atoms with E-state index in [0.717, 1.165) is 12.1 Å². The van der Waals surface area contributed by atoms with Gasteiger partial charge in [-0.3, -0.25) is 10.1 Å². The van der Waals surface area contributed by atoms with Gasteiger partial charge in [-0.25, -0.2) is 8.78 Å². The molecule has 0 fully saturated rings. The van der Waals surface area contributed by atoms with Crippen molar-refractivity contribution in [1.29, 1.82) is 0 Å². The van der Waals surface area contributed by atoms with Gasteiger partial charge in [0, 0.05) is 11.6 Å². The summed E-state index contributed by atoms with van der Waals surface area (Å²) >= 11 is 0. The maximum atomic E-state index is 12.1. The molecule has 82 valence electrons. The Kier molecular flexibility index (Phi) is 3.31. The fourth-order valence-electron chi connectivity index (χ4n) is 1.21. The molecular formula is C9H9F2NO3. The van der Waals surface area contributed by atoms with E-state index in [0.29, 0.717) is 0 Å². The summed E-state index contributed by atoms with van der Waals surface area (Å²) < 4.78 is 24.2. The number of hydrogen-bond donors (Lipinski definition) is 1. The van der Waals surface area contributed by atoms with Gasteiger partial charge >= 0.3 is 0 Å². The number of aliphatic hydroxyl groups is 1. The van der Waals surface area contributed by atoms with Gasteiger partial charge in [-0.15, -0.1) is 0 Å². The Balaban J connectivity index is 3.06. The topological polar surface area (TPSA) is 63.4 Å².